The number of aryl methyl sites for hydroxylation is 2. The number of aliphatic hydroxyl groups is 1. The van der Waals surface area contributed by atoms with E-state index in [9.17, 15) is 13.5 Å². The van der Waals surface area contributed by atoms with Crippen LogP contribution in [0.1, 0.15) is 23.1 Å². The molecule has 0 aliphatic carbocycles. The summed E-state index contributed by atoms with van der Waals surface area (Å²) in [6.07, 6.45) is -0.118. The monoisotopic (exact) mass is 446 g/mol. The van der Waals surface area contributed by atoms with E-state index in [1.165, 1.54) is 5.56 Å². The van der Waals surface area contributed by atoms with Crippen molar-refractivity contribution < 1.29 is 18.3 Å². The number of nitrogens with zero attached hydrogens (tertiary/aromatic N) is 2. The van der Waals surface area contributed by atoms with Crippen LogP contribution < -0.4 is 9.64 Å². The first-order valence-corrected chi connectivity index (χ1v) is 12.5. The van der Waals surface area contributed by atoms with Crippen LogP contribution in [0, 0.1) is 13.8 Å². The van der Waals surface area contributed by atoms with Gasteiger partial charge in [-0.15, -0.1) is 0 Å². The SMILES string of the molecule is Cc1ccc(OCC(O)CN(Cc2ccc(N(C)C)cc2)C2CCS(=O)(=O)C2)c(C)c1. The third-order valence-corrected chi connectivity index (χ3v) is 7.52. The molecular weight excluding hydrogens is 412 g/mol. The minimum atomic E-state index is -3.01. The van der Waals surface area contributed by atoms with Gasteiger partial charge in [0.2, 0.25) is 0 Å². The van der Waals surface area contributed by atoms with Crippen molar-refractivity contribution in [2.75, 3.05) is 43.7 Å². The second-order valence-electron chi connectivity index (χ2n) is 8.78. The van der Waals surface area contributed by atoms with Crippen LogP contribution in [0.25, 0.3) is 0 Å². The lowest BCUT2D eigenvalue weighted by molar-refractivity contribution is 0.0523. The first-order valence-electron chi connectivity index (χ1n) is 10.7. The Balaban J connectivity index is 1.67. The Hall–Kier alpha value is -2.09. The number of ether oxygens (including phenoxy) is 1. The van der Waals surface area contributed by atoms with Crippen LogP contribution in [0.3, 0.4) is 0 Å². The third kappa shape index (κ3) is 6.69. The standard InChI is InChI=1S/C24H34N2O4S/c1-18-5-10-24(19(2)13-18)30-16-23(27)15-26(22-11-12-31(28,29)17-22)14-20-6-8-21(9-7-20)25(3)4/h5-10,13,22-23,27H,11-12,14-17H2,1-4H3. The average Bonchev–Trinajstić information content (AvgIpc) is 3.07. The van der Waals surface area contributed by atoms with Crippen LogP contribution in [-0.4, -0.2) is 69.3 Å². The zero-order chi connectivity index (χ0) is 22.6. The number of hydrogen-bond acceptors (Lipinski definition) is 6. The van der Waals surface area contributed by atoms with E-state index >= 15 is 0 Å². The maximum Gasteiger partial charge on any atom is 0.151 e. The highest BCUT2D eigenvalue weighted by atomic mass is 32.2. The molecule has 0 spiro atoms. The van der Waals surface area contributed by atoms with E-state index in [1.54, 1.807) is 0 Å². The minimum Gasteiger partial charge on any atom is -0.491 e. The number of rotatable bonds is 9. The average molecular weight is 447 g/mol. The molecule has 0 saturated carbocycles. The van der Waals surface area contributed by atoms with Crippen LogP contribution >= 0.6 is 0 Å². The van der Waals surface area contributed by atoms with Crippen molar-refractivity contribution in [2.24, 2.45) is 0 Å². The molecule has 170 valence electrons. The molecule has 0 aromatic heterocycles. The molecule has 1 aliphatic heterocycles. The molecule has 2 unspecified atom stereocenters. The summed E-state index contributed by atoms with van der Waals surface area (Å²) in [5.41, 5.74) is 4.41. The lowest BCUT2D eigenvalue weighted by Gasteiger charge is -2.30. The van der Waals surface area contributed by atoms with E-state index in [1.807, 2.05) is 45.0 Å². The van der Waals surface area contributed by atoms with E-state index in [-0.39, 0.29) is 24.2 Å². The van der Waals surface area contributed by atoms with Crippen molar-refractivity contribution in [3.63, 3.8) is 0 Å². The number of anilines is 1. The maximum atomic E-state index is 12.1. The lowest BCUT2D eigenvalue weighted by Crippen LogP contribution is -2.42. The van der Waals surface area contributed by atoms with Gasteiger partial charge in [-0.25, -0.2) is 8.42 Å². The van der Waals surface area contributed by atoms with Crippen molar-refractivity contribution in [2.45, 2.75) is 39.0 Å². The van der Waals surface area contributed by atoms with E-state index in [0.29, 0.717) is 19.5 Å². The Morgan fingerprint density at radius 3 is 2.42 bits per heavy atom. The Bertz CT molecular complexity index is 974. The van der Waals surface area contributed by atoms with Gasteiger partial charge >= 0.3 is 0 Å². The Morgan fingerprint density at radius 2 is 1.84 bits per heavy atom. The number of sulfone groups is 1. The second kappa shape index (κ2) is 10.0. The molecule has 7 heteroatoms. The van der Waals surface area contributed by atoms with Crippen molar-refractivity contribution >= 4 is 15.5 Å². The molecule has 1 fully saturated rings. The number of aliphatic hydroxyl groups excluding tert-OH is 1. The normalized spacial score (nSPS) is 18.8. The summed E-state index contributed by atoms with van der Waals surface area (Å²) < 4.78 is 30.0. The molecule has 0 radical (unpaired) electrons. The fourth-order valence-electron chi connectivity index (χ4n) is 4.01. The maximum absolute atomic E-state index is 12.1. The van der Waals surface area contributed by atoms with Gasteiger partial charge in [-0.05, 0) is 49.6 Å². The van der Waals surface area contributed by atoms with Gasteiger partial charge in [-0.3, -0.25) is 4.90 Å². The lowest BCUT2D eigenvalue weighted by atomic mass is 10.1. The summed E-state index contributed by atoms with van der Waals surface area (Å²) in [6, 6.07) is 14.1. The predicted octanol–water partition coefficient (Wildman–Crippen LogP) is 2.80. The van der Waals surface area contributed by atoms with Crippen molar-refractivity contribution in [1.82, 2.24) is 4.90 Å². The summed E-state index contributed by atoms with van der Waals surface area (Å²) in [6.45, 7) is 5.14. The predicted molar refractivity (Wildman–Crippen MR) is 126 cm³/mol. The van der Waals surface area contributed by atoms with Crippen molar-refractivity contribution in [3.05, 3.63) is 59.2 Å². The topological polar surface area (TPSA) is 70.1 Å². The van der Waals surface area contributed by atoms with Crippen LogP contribution in [0.15, 0.2) is 42.5 Å². The first kappa shape index (κ1) is 23.6. The smallest absolute Gasteiger partial charge is 0.151 e. The summed E-state index contributed by atoms with van der Waals surface area (Å²) in [5, 5.41) is 10.7. The van der Waals surface area contributed by atoms with Crippen LogP contribution in [0.5, 0.6) is 5.75 Å². The van der Waals surface area contributed by atoms with Gasteiger partial charge < -0.3 is 14.7 Å². The van der Waals surface area contributed by atoms with E-state index in [2.05, 4.69) is 35.2 Å². The molecule has 1 N–H and O–H groups in total. The zero-order valence-corrected chi connectivity index (χ0v) is 19.7. The van der Waals surface area contributed by atoms with Crippen LogP contribution in [-0.2, 0) is 16.4 Å². The van der Waals surface area contributed by atoms with Gasteiger partial charge in [0.1, 0.15) is 18.5 Å². The molecule has 1 heterocycles. The van der Waals surface area contributed by atoms with Gasteiger partial charge in [0.05, 0.1) is 11.5 Å². The van der Waals surface area contributed by atoms with Crippen LogP contribution in [0.4, 0.5) is 5.69 Å². The molecule has 0 bridgehead atoms. The van der Waals surface area contributed by atoms with E-state index in [4.69, 9.17) is 4.74 Å². The summed E-state index contributed by atoms with van der Waals surface area (Å²) in [4.78, 5) is 4.13. The van der Waals surface area contributed by atoms with Gasteiger partial charge in [-0.1, -0.05) is 29.8 Å². The van der Waals surface area contributed by atoms with Crippen LogP contribution in [0.2, 0.25) is 0 Å². The molecule has 1 aliphatic rings. The Labute approximate surface area is 186 Å². The summed E-state index contributed by atoms with van der Waals surface area (Å²) in [5.74, 6) is 1.12. The molecule has 2 aromatic rings. The highest BCUT2D eigenvalue weighted by molar-refractivity contribution is 7.91. The number of hydrogen-bond donors (Lipinski definition) is 1. The fraction of sp³-hybridized carbons (Fsp3) is 0.500. The minimum absolute atomic E-state index is 0.0886. The van der Waals surface area contributed by atoms with Gasteiger partial charge in [0.15, 0.2) is 9.84 Å². The van der Waals surface area contributed by atoms with Gasteiger partial charge in [0, 0.05) is 38.9 Å². The molecule has 0 amide bonds. The molecule has 2 aromatic carbocycles. The quantitative estimate of drug-likeness (QED) is 0.639. The summed E-state index contributed by atoms with van der Waals surface area (Å²) in [7, 11) is 0.981. The second-order valence-corrected chi connectivity index (χ2v) is 11.0. The number of benzene rings is 2. The van der Waals surface area contributed by atoms with E-state index in [0.717, 1.165) is 22.6 Å². The molecule has 3 rings (SSSR count). The Morgan fingerprint density at radius 1 is 1.13 bits per heavy atom. The molecule has 1 saturated heterocycles. The molecule has 6 nitrogen and oxygen atoms in total. The Kier molecular flexibility index (Phi) is 7.62. The van der Waals surface area contributed by atoms with Gasteiger partial charge in [-0.2, -0.15) is 0 Å². The van der Waals surface area contributed by atoms with Crippen molar-refractivity contribution in [1.29, 1.82) is 0 Å². The molecular formula is C24H34N2O4S. The summed E-state index contributed by atoms with van der Waals surface area (Å²) >= 11 is 0. The largest absolute Gasteiger partial charge is 0.491 e. The van der Waals surface area contributed by atoms with Gasteiger partial charge in [0.25, 0.3) is 0 Å². The van der Waals surface area contributed by atoms with Crippen molar-refractivity contribution in [3.8, 4) is 5.75 Å². The molecule has 2 atom stereocenters. The molecule has 31 heavy (non-hydrogen) atoms. The third-order valence-electron chi connectivity index (χ3n) is 5.77. The highest BCUT2D eigenvalue weighted by Crippen LogP contribution is 2.23. The highest BCUT2D eigenvalue weighted by Gasteiger charge is 2.33. The fourth-order valence-corrected chi connectivity index (χ4v) is 5.77. The zero-order valence-electron chi connectivity index (χ0n) is 18.9. The van der Waals surface area contributed by atoms with E-state index < -0.39 is 15.9 Å². The first-order chi connectivity index (χ1) is 14.6.